The van der Waals surface area contributed by atoms with Gasteiger partial charge >= 0.3 is 11.9 Å². The second-order valence-corrected chi connectivity index (χ2v) is 17.4. The fourth-order valence-corrected chi connectivity index (χ4v) is 7.82. The van der Waals surface area contributed by atoms with Crippen LogP contribution in [-0.2, 0) is 33.3 Å². The molecular weight excluding hydrogens is 851 g/mol. The summed E-state index contributed by atoms with van der Waals surface area (Å²) in [5.74, 6) is -7.51. The number of hydrogen-bond donors (Lipinski definition) is 11. The second-order valence-electron chi connectivity index (χ2n) is 17.4. The van der Waals surface area contributed by atoms with Gasteiger partial charge < -0.3 is 75.7 Å². The summed E-state index contributed by atoms with van der Waals surface area (Å²) in [5, 5.41) is 107. The third-order valence-electron chi connectivity index (χ3n) is 11.9. The number of fused-ring (bicyclic) bond motifs is 2. The lowest BCUT2D eigenvalue weighted by molar-refractivity contribution is -0.310. The van der Waals surface area contributed by atoms with E-state index >= 15 is 0 Å². The SMILES string of the molecule is C[C@@H]1[C@@H](O)[C@@H](C)/C=C/C=C/C=C/C=C/C=C/C=C/C=C\[C@@H](O[C@H]2O[C@@H](C)[C@H](O)[C@@H](N)[C@@H]2O)C[C@H]2O[C@@](O)(C[C@@H](O)[C@@H]2C(=O)O)C[C@H](O)[C@@H](O)CCC(=O)C[C@H](O)C[C@@H](O)CC(=O)O[C@@H]1C. The van der Waals surface area contributed by atoms with Gasteiger partial charge in [-0.2, -0.15) is 0 Å². The van der Waals surface area contributed by atoms with Gasteiger partial charge in [0.05, 0.1) is 73.5 Å². The summed E-state index contributed by atoms with van der Waals surface area (Å²) in [6.07, 6.45) is 3.67. The molecule has 0 aromatic heterocycles. The van der Waals surface area contributed by atoms with Crippen molar-refractivity contribution in [2.45, 2.75) is 170 Å². The first-order chi connectivity index (χ1) is 30.6. The fraction of sp³-hybridized carbons (Fsp3) is 0.638. The number of carboxylic acids is 1. The van der Waals surface area contributed by atoms with Crippen molar-refractivity contribution >= 4 is 17.7 Å². The van der Waals surface area contributed by atoms with Gasteiger partial charge in [0.15, 0.2) is 12.1 Å². The van der Waals surface area contributed by atoms with Crippen LogP contribution in [0.5, 0.6) is 0 Å². The first kappa shape index (κ1) is 55.6. The van der Waals surface area contributed by atoms with Crippen LogP contribution in [0.4, 0.5) is 0 Å². The number of aliphatic hydroxyl groups is 9. The Morgan fingerprint density at radius 3 is 1.82 bits per heavy atom. The number of cyclic esters (lactones) is 1. The number of carboxylic acid groups (broad SMARTS) is 1. The molecule has 12 N–H and O–H groups in total. The number of aliphatic hydroxyl groups excluding tert-OH is 8. The van der Waals surface area contributed by atoms with Gasteiger partial charge in [-0.05, 0) is 20.3 Å². The highest BCUT2D eigenvalue weighted by Crippen LogP contribution is 2.38. The molecule has 2 bridgehead atoms. The van der Waals surface area contributed by atoms with Gasteiger partial charge in [-0.25, -0.2) is 0 Å². The average molecular weight is 922 g/mol. The van der Waals surface area contributed by atoms with Crippen molar-refractivity contribution in [1.29, 1.82) is 0 Å². The van der Waals surface area contributed by atoms with Gasteiger partial charge in [0, 0.05) is 50.4 Å². The third kappa shape index (κ3) is 18.5. The van der Waals surface area contributed by atoms with Crippen molar-refractivity contribution in [1.82, 2.24) is 0 Å². The van der Waals surface area contributed by atoms with E-state index in [1.165, 1.54) is 13.0 Å². The van der Waals surface area contributed by atoms with Gasteiger partial charge in [0.1, 0.15) is 23.9 Å². The molecule has 3 aliphatic rings. The van der Waals surface area contributed by atoms with Gasteiger partial charge in [0.2, 0.25) is 0 Å². The van der Waals surface area contributed by atoms with Crippen LogP contribution in [0.3, 0.4) is 0 Å². The Morgan fingerprint density at radius 2 is 1.23 bits per heavy atom. The zero-order chi connectivity index (χ0) is 48.4. The van der Waals surface area contributed by atoms with E-state index in [1.807, 2.05) is 13.0 Å². The minimum Gasteiger partial charge on any atom is -0.481 e. The number of rotatable bonds is 3. The lowest BCUT2D eigenvalue weighted by atomic mass is 9.82. The lowest BCUT2D eigenvalue weighted by Gasteiger charge is -2.45. The molecular formula is C47H71NO17. The molecule has 0 saturated carbocycles. The normalized spacial score (nSPS) is 44.4. The molecule has 0 aromatic rings. The van der Waals surface area contributed by atoms with E-state index in [9.17, 15) is 65.4 Å². The predicted octanol–water partition coefficient (Wildman–Crippen LogP) is 0.920. The molecule has 2 fully saturated rings. The number of Topliss-reactive ketones (excluding diaryl/α,β-unsaturated/α-hetero) is 1. The molecule has 0 aromatic carbocycles. The number of nitrogens with two attached hydrogens (primary N) is 1. The van der Waals surface area contributed by atoms with Gasteiger partial charge in [0.25, 0.3) is 0 Å². The summed E-state index contributed by atoms with van der Waals surface area (Å²) < 4.78 is 23.1. The molecule has 0 aliphatic carbocycles. The highest BCUT2D eigenvalue weighted by Gasteiger charge is 2.51. The van der Waals surface area contributed by atoms with Crippen LogP contribution < -0.4 is 5.73 Å². The Labute approximate surface area is 380 Å². The van der Waals surface area contributed by atoms with Gasteiger partial charge in [-0.1, -0.05) is 98.9 Å². The summed E-state index contributed by atoms with van der Waals surface area (Å²) >= 11 is 0. The molecule has 0 amide bonds. The summed E-state index contributed by atoms with van der Waals surface area (Å²) in [6, 6.07) is -1.15. The number of hydrogen-bond acceptors (Lipinski definition) is 17. The smallest absolute Gasteiger partial charge is 0.311 e. The molecule has 0 radical (unpaired) electrons. The van der Waals surface area contributed by atoms with E-state index in [2.05, 4.69) is 0 Å². The third-order valence-corrected chi connectivity index (χ3v) is 11.9. The van der Waals surface area contributed by atoms with E-state index in [-0.39, 0.29) is 31.6 Å². The van der Waals surface area contributed by atoms with Gasteiger partial charge in [-0.15, -0.1) is 0 Å². The molecule has 18 nitrogen and oxygen atoms in total. The standard InChI is InChI=1S/C47H71NO17/c1-27-17-15-13-11-9-7-5-6-8-10-12-14-16-18-34(64-46-44(58)41(48)43(57)30(4)63-46)24-38-40(45(59)60)37(54)26-47(61,65-38)25-36(53)35(52)20-19-31(49)21-32(50)22-33(51)23-39(55)62-29(3)28(2)42(27)56/h5-18,27-30,32-38,40-44,46,50-54,56-58,61H,19-26,48H2,1-4H3,(H,59,60)/b6-5+,9-7+,10-8+,13-11+,14-12+,17-15+,18-16-/t27-,28-,29+,30-,32-,33+,34+,35-,36-,37+,38+,40-,41+,42-,43-,44-,46+,47+/m0/s1. The zero-order valence-electron chi connectivity index (χ0n) is 37.5. The fourth-order valence-electron chi connectivity index (χ4n) is 7.82. The quantitative estimate of drug-likeness (QED) is 0.175. The van der Waals surface area contributed by atoms with Crippen molar-refractivity contribution in [3.8, 4) is 0 Å². The Morgan fingerprint density at radius 1 is 0.692 bits per heavy atom. The maximum atomic E-state index is 12.7. The molecule has 18 heteroatoms. The van der Waals surface area contributed by atoms with Crippen LogP contribution in [0, 0.1) is 17.8 Å². The minimum absolute atomic E-state index is 0.291. The van der Waals surface area contributed by atoms with E-state index in [0.717, 1.165) is 0 Å². The number of aliphatic carboxylic acids is 1. The van der Waals surface area contributed by atoms with Crippen molar-refractivity contribution in [3.63, 3.8) is 0 Å². The molecule has 65 heavy (non-hydrogen) atoms. The zero-order valence-corrected chi connectivity index (χ0v) is 37.5. The molecule has 3 rings (SSSR count). The molecule has 3 aliphatic heterocycles. The van der Waals surface area contributed by atoms with Crippen LogP contribution in [-0.4, -0.2) is 160 Å². The topological polar surface area (TPSA) is 316 Å². The maximum Gasteiger partial charge on any atom is 0.311 e. The monoisotopic (exact) mass is 921 g/mol. The molecule has 18 atom stereocenters. The van der Waals surface area contributed by atoms with E-state index in [1.54, 1.807) is 86.8 Å². The Balaban J connectivity index is 1.86. The number of esters is 1. The molecule has 2 saturated heterocycles. The predicted molar refractivity (Wildman–Crippen MR) is 236 cm³/mol. The molecule has 3 heterocycles. The van der Waals surface area contributed by atoms with E-state index in [0.29, 0.717) is 0 Å². The summed E-state index contributed by atoms with van der Waals surface area (Å²) in [6.45, 7) is 6.70. The summed E-state index contributed by atoms with van der Waals surface area (Å²) in [5.41, 5.74) is 6.01. The number of carbonyl (C=O) groups excluding carboxylic acids is 2. The van der Waals surface area contributed by atoms with Crippen molar-refractivity contribution < 1.29 is 84.4 Å². The number of ketones is 1. The highest BCUT2D eigenvalue weighted by atomic mass is 16.7. The Bertz CT molecular complexity index is 1710. The number of carbonyl (C=O) groups is 3. The van der Waals surface area contributed by atoms with Crippen molar-refractivity contribution in [2.24, 2.45) is 23.5 Å². The Kier molecular flexibility index (Phi) is 23.2. The summed E-state index contributed by atoms with van der Waals surface area (Å²) in [4.78, 5) is 37.8. The number of allylic oxidation sites excluding steroid dienone is 12. The molecule has 0 unspecified atom stereocenters. The first-order valence-corrected chi connectivity index (χ1v) is 22.2. The minimum atomic E-state index is -2.38. The maximum absolute atomic E-state index is 12.7. The van der Waals surface area contributed by atoms with E-state index in [4.69, 9.17) is 24.7 Å². The van der Waals surface area contributed by atoms with E-state index < -0.39 is 147 Å². The first-order valence-electron chi connectivity index (χ1n) is 22.2. The van der Waals surface area contributed by atoms with Crippen LogP contribution in [0.25, 0.3) is 0 Å². The highest BCUT2D eigenvalue weighted by molar-refractivity contribution is 5.78. The van der Waals surface area contributed by atoms with Crippen LogP contribution in [0.15, 0.2) is 85.1 Å². The van der Waals surface area contributed by atoms with Crippen molar-refractivity contribution in [3.05, 3.63) is 85.1 Å². The average Bonchev–Trinajstić information content (AvgIpc) is 3.21. The van der Waals surface area contributed by atoms with Gasteiger partial charge in [-0.3, -0.25) is 14.4 Å². The Hall–Kier alpha value is -3.73. The van der Waals surface area contributed by atoms with Crippen LogP contribution in [0.2, 0.25) is 0 Å². The summed E-state index contributed by atoms with van der Waals surface area (Å²) in [7, 11) is 0. The largest absolute Gasteiger partial charge is 0.481 e. The van der Waals surface area contributed by atoms with Crippen LogP contribution in [0.1, 0.15) is 79.1 Å². The lowest BCUT2D eigenvalue weighted by Crippen LogP contribution is -2.61. The number of ether oxygens (including phenoxy) is 4. The molecule has 0 spiro atoms. The van der Waals surface area contributed by atoms with Crippen molar-refractivity contribution in [2.75, 3.05) is 0 Å². The molecule has 366 valence electrons. The second kappa shape index (κ2) is 27.2. The van der Waals surface area contributed by atoms with Crippen LogP contribution >= 0.6 is 0 Å².